The lowest BCUT2D eigenvalue weighted by atomic mass is 10.2. The van der Waals surface area contributed by atoms with Crippen molar-refractivity contribution in [1.82, 2.24) is 9.97 Å². The van der Waals surface area contributed by atoms with Crippen LogP contribution in [0.5, 0.6) is 0 Å². The minimum Gasteiger partial charge on any atom is -0.350 e. The van der Waals surface area contributed by atoms with Crippen molar-refractivity contribution >= 4 is 17.5 Å². The lowest BCUT2D eigenvalue weighted by Crippen LogP contribution is -2.16. The second-order valence-corrected chi connectivity index (χ2v) is 5.98. The van der Waals surface area contributed by atoms with Crippen LogP contribution < -0.4 is 10.6 Å². The summed E-state index contributed by atoms with van der Waals surface area (Å²) in [6, 6.07) is 15.6. The lowest BCUT2D eigenvalue weighted by Gasteiger charge is -2.09. The number of halogens is 1. The number of hydrogen-bond acceptors (Lipinski definition) is 4. The Hall–Kier alpha value is -3.28. The van der Waals surface area contributed by atoms with Gasteiger partial charge in [-0.05, 0) is 38.1 Å². The molecule has 26 heavy (non-hydrogen) atoms. The minimum absolute atomic E-state index is 0.231. The van der Waals surface area contributed by atoms with Gasteiger partial charge in [-0.2, -0.15) is 0 Å². The molecule has 0 spiro atoms. The molecule has 0 atom stereocenters. The van der Waals surface area contributed by atoms with Gasteiger partial charge in [-0.25, -0.2) is 14.4 Å². The van der Waals surface area contributed by atoms with Crippen molar-refractivity contribution in [1.29, 1.82) is 0 Å². The van der Waals surface area contributed by atoms with E-state index in [1.54, 1.807) is 31.2 Å². The molecule has 0 bridgehead atoms. The normalized spacial score (nSPS) is 10.4. The highest BCUT2D eigenvalue weighted by atomic mass is 19.1. The fourth-order valence-electron chi connectivity index (χ4n) is 2.41. The zero-order valence-corrected chi connectivity index (χ0v) is 14.6. The molecule has 0 aliphatic carbocycles. The number of benzene rings is 2. The van der Waals surface area contributed by atoms with Crippen LogP contribution in [0.15, 0.2) is 54.6 Å². The second-order valence-electron chi connectivity index (χ2n) is 5.98. The van der Waals surface area contributed by atoms with Crippen molar-refractivity contribution in [3.8, 4) is 0 Å². The Morgan fingerprint density at radius 1 is 1.04 bits per heavy atom. The summed E-state index contributed by atoms with van der Waals surface area (Å²) < 4.78 is 13.7. The van der Waals surface area contributed by atoms with E-state index >= 15 is 0 Å². The average Bonchev–Trinajstić information content (AvgIpc) is 2.62. The van der Waals surface area contributed by atoms with Gasteiger partial charge in [0, 0.05) is 23.5 Å². The zero-order valence-electron chi connectivity index (χ0n) is 14.6. The molecule has 0 saturated carbocycles. The molecule has 2 N–H and O–H groups in total. The van der Waals surface area contributed by atoms with Gasteiger partial charge in [0.25, 0.3) is 5.91 Å². The van der Waals surface area contributed by atoms with Gasteiger partial charge in [0.15, 0.2) is 0 Å². The number of aryl methyl sites for hydroxylation is 2. The van der Waals surface area contributed by atoms with Crippen molar-refractivity contribution in [2.45, 2.75) is 20.4 Å². The number of carbonyl (C=O) groups is 1. The molecular formula is C20H19FN4O. The Morgan fingerprint density at radius 3 is 2.50 bits per heavy atom. The molecule has 1 amide bonds. The first-order valence-electron chi connectivity index (χ1n) is 8.22. The largest absolute Gasteiger partial charge is 0.350 e. The minimum atomic E-state index is -0.326. The molecule has 5 nitrogen and oxygen atoms in total. The number of nitrogens with zero attached hydrogens (tertiary/aromatic N) is 2. The Morgan fingerprint density at radius 2 is 1.77 bits per heavy atom. The SMILES string of the molecule is Cc1ccc(NC(=O)c2cc(C)nc(NCc3ccccc3F)n2)cc1. The van der Waals surface area contributed by atoms with E-state index in [4.69, 9.17) is 0 Å². The summed E-state index contributed by atoms with van der Waals surface area (Å²) in [7, 11) is 0. The molecule has 0 unspecified atom stereocenters. The van der Waals surface area contributed by atoms with Gasteiger partial charge >= 0.3 is 0 Å². The standard InChI is InChI=1S/C20H19FN4O/c1-13-7-9-16(10-8-13)24-19(26)18-11-14(2)23-20(25-18)22-12-15-5-3-4-6-17(15)21/h3-11H,12H2,1-2H3,(H,24,26)(H,22,23,25). The Balaban J connectivity index is 1.73. The molecule has 2 aromatic carbocycles. The highest BCUT2D eigenvalue weighted by molar-refractivity contribution is 6.03. The van der Waals surface area contributed by atoms with E-state index in [9.17, 15) is 9.18 Å². The molecule has 1 aromatic heterocycles. The van der Waals surface area contributed by atoms with Gasteiger partial charge in [-0.15, -0.1) is 0 Å². The molecule has 0 saturated heterocycles. The fraction of sp³-hybridized carbons (Fsp3) is 0.150. The van der Waals surface area contributed by atoms with Crippen LogP contribution in [-0.4, -0.2) is 15.9 Å². The third kappa shape index (κ3) is 4.42. The number of carbonyl (C=O) groups excluding carboxylic acids is 1. The Kier molecular flexibility index (Phi) is 5.22. The smallest absolute Gasteiger partial charge is 0.274 e. The summed E-state index contributed by atoms with van der Waals surface area (Å²) in [5.41, 5.74) is 3.20. The second kappa shape index (κ2) is 7.74. The lowest BCUT2D eigenvalue weighted by molar-refractivity contribution is 0.102. The number of anilines is 2. The molecule has 0 radical (unpaired) electrons. The highest BCUT2D eigenvalue weighted by Gasteiger charge is 2.11. The monoisotopic (exact) mass is 350 g/mol. The quantitative estimate of drug-likeness (QED) is 0.727. The summed E-state index contributed by atoms with van der Waals surface area (Å²) in [5.74, 6) is -0.347. The van der Waals surface area contributed by atoms with E-state index in [1.165, 1.54) is 6.07 Å². The van der Waals surface area contributed by atoms with E-state index in [1.807, 2.05) is 31.2 Å². The number of nitrogens with one attached hydrogen (secondary N) is 2. The molecule has 0 aliphatic rings. The van der Waals surface area contributed by atoms with Crippen molar-refractivity contribution in [2.24, 2.45) is 0 Å². The summed E-state index contributed by atoms with van der Waals surface area (Å²) >= 11 is 0. The van der Waals surface area contributed by atoms with Crippen LogP contribution in [0.2, 0.25) is 0 Å². The van der Waals surface area contributed by atoms with Gasteiger partial charge in [-0.1, -0.05) is 35.9 Å². The first-order chi connectivity index (χ1) is 12.5. The topological polar surface area (TPSA) is 66.9 Å². The van der Waals surface area contributed by atoms with Crippen LogP contribution in [0, 0.1) is 19.7 Å². The van der Waals surface area contributed by atoms with Crippen LogP contribution in [0.4, 0.5) is 16.0 Å². The van der Waals surface area contributed by atoms with Gasteiger partial charge in [0.05, 0.1) is 0 Å². The first kappa shape index (κ1) is 17.5. The van der Waals surface area contributed by atoms with Gasteiger partial charge in [0.1, 0.15) is 11.5 Å². The summed E-state index contributed by atoms with van der Waals surface area (Å²) in [4.78, 5) is 20.9. The maximum Gasteiger partial charge on any atom is 0.274 e. The maximum absolute atomic E-state index is 13.7. The van der Waals surface area contributed by atoms with E-state index in [-0.39, 0.29) is 29.9 Å². The van der Waals surface area contributed by atoms with Gasteiger partial charge < -0.3 is 10.6 Å². The molecule has 3 aromatic rings. The van der Waals surface area contributed by atoms with Gasteiger partial charge in [-0.3, -0.25) is 4.79 Å². The molecule has 132 valence electrons. The van der Waals surface area contributed by atoms with Crippen LogP contribution in [-0.2, 0) is 6.54 Å². The summed E-state index contributed by atoms with van der Waals surface area (Å²) in [5, 5.41) is 5.77. The van der Waals surface area contributed by atoms with Crippen LogP contribution in [0.25, 0.3) is 0 Å². The molecule has 1 heterocycles. The predicted octanol–water partition coefficient (Wildman–Crippen LogP) is 4.10. The van der Waals surface area contributed by atoms with E-state index in [0.29, 0.717) is 16.9 Å². The van der Waals surface area contributed by atoms with Crippen LogP contribution in [0.1, 0.15) is 27.3 Å². The summed E-state index contributed by atoms with van der Waals surface area (Å²) in [6.45, 7) is 3.99. The van der Waals surface area contributed by atoms with Crippen molar-refractivity contribution in [3.05, 3.63) is 82.9 Å². The molecule has 3 rings (SSSR count). The average molecular weight is 350 g/mol. The Bertz CT molecular complexity index is 925. The zero-order chi connectivity index (χ0) is 18.5. The van der Waals surface area contributed by atoms with Crippen LogP contribution in [0.3, 0.4) is 0 Å². The number of aromatic nitrogens is 2. The summed E-state index contributed by atoms with van der Waals surface area (Å²) in [6.07, 6.45) is 0. The van der Waals surface area contributed by atoms with Crippen molar-refractivity contribution in [2.75, 3.05) is 10.6 Å². The van der Waals surface area contributed by atoms with E-state index < -0.39 is 0 Å². The van der Waals surface area contributed by atoms with Crippen molar-refractivity contribution < 1.29 is 9.18 Å². The highest BCUT2D eigenvalue weighted by Crippen LogP contribution is 2.13. The Labute approximate surface area is 151 Å². The number of rotatable bonds is 5. The third-order valence-electron chi connectivity index (χ3n) is 3.79. The predicted molar refractivity (Wildman–Crippen MR) is 99.6 cm³/mol. The maximum atomic E-state index is 13.7. The number of amides is 1. The third-order valence-corrected chi connectivity index (χ3v) is 3.79. The van der Waals surface area contributed by atoms with Gasteiger partial charge in [0.2, 0.25) is 5.95 Å². The van der Waals surface area contributed by atoms with Crippen LogP contribution >= 0.6 is 0 Å². The first-order valence-corrected chi connectivity index (χ1v) is 8.22. The van der Waals surface area contributed by atoms with Crippen molar-refractivity contribution in [3.63, 3.8) is 0 Å². The molecular weight excluding hydrogens is 331 g/mol. The van der Waals surface area contributed by atoms with E-state index in [0.717, 1.165) is 5.56 Å². The number of hydrogen-bond donors (Lipinski definition) is 2. The molecule has 6 heteroatoms. The molecule has 0 fully saturated rings. The van der Waals surface area contributed by atoms with E-state index in [2.05, 4.69) is 20.6 Å². The molecule has 0 aliphatic heterocycles. The fourth-order valence-corrected chi connectivity index (χ4v) is 2.41.